The van der Waals surface area contributed by atoms with Crippen molar-refractivity contribution in [3.8, 4) is 0 Å². The highest BCUT2D eigenvalue weighted by Crippen LogP contribution is 2.21. The van der Waals surface area contributed by atoms with Crippen molar-refractivity contribution in [2.75, 3.05) is 13.1 Å². The maximum absolute atomic E-state index is 12.5. The number of carbonyl (C=O) groups is 1. The van der Waals surface area contributed by atoms with Crippen LogP contribution in [0.2, 0.25) is 0 Å². The molecule has 1 unspecified atom stereocenters. The van der Waals surface area contributed by atoms with E-state index in [-0.39, 0.29) is 17.5 Å². The van der Waals surface area contributed by atoms with Gasteiger partial charge in [0.25, 0.3) is 5.91 Å². The summed E-state index contributed by atoms with van der Waals surface area (Å²) in [4.78, 5) is 16.8. The average molecular weight is 375 g/mol. The highest BCUT2D eigenvalue weighted by molar-refractivity contribution is 7.09. The van der Waals surface area contributed by atoms with E-state index in [2.05, 4.69) is 60.7 Å². The lowest BCUT2D eigenvalue weighted by Gasteiger charge is -2.36. The first kappa shape index (κ1) is 20.6. The van der Waals surface area contributed by atoms with Gasteiger partial charge in [-0.25, -0.2) is 4.98 Å². The van der Waals surface area contributed by atoms with E-state index in [0.29, 0.717) is 25.2 Å². The first-order valence-electron chi connectivity index (χ1n) is 9.29. The van der Waals surface area contributed by atoms with Crippen LogP contribution < -0.4 is 16.4 Å². The molecule has 26 heavy (non-hydrogen) atoms. The highest BCUT2D eigenvalue weighted by atomic mass is 32.1. The molecule has 0 bridgehead atoms. The van der Waals surface area contributed by atoms with Crippen LogP contribution in [-0.4, -0.2) is 29.5 Å². The zero-order valence-electron chi connectivity index (χ0n) is 15.9. The van der Waals surface area contributed by atoms with Crippen molar-refractivity contribution in [2.24, 2.45) is 5.73 Å². The molecule has 0 aliphatic rings. The lowest BCUT2D eigenvalue weighted by atomic mass is 9.90. The monoisotopic (exact) mass is 374 g/mol. The number of nitrogens with zero attached hydrogens (tertiary/aromatic N) is 1. The quantitative estimate of drug-likeness (QED) is 0.596. The molecule has 0 aliphatic heterocycles. The van der Waals surface area contributed by atoms with E-state index in [9.17, 15) is 4.79 Å². The molecule has 2 rings (SSSR count). The Kier molecular flexibility index (Phi) is 7.75. The van der Waals surface area contributed by atoms with Gasteiger partial charge in [-0.2, -0.15) is 0 Å². The first-order chi connectivity index (χ1) is 12.5. The summed E-state index contributed by atoms with van der Waals surface area (Å²) in [5, 5.41) is 9.51. The van der Waals surface area contributed by atoms with Crippen LogP contribution in [0.15, 0.2) is 35.7 Å². The fraction of sp³-hybridized carbons (Fsp3) is 0.500. The van der Waals surface area contributed by atoms with Gasteiger partial charge in [-0.1, -0.05) is 44.2 Å². The molecule has 0 spiro atoms. The Morgan fingerprint density at radius 2 is 1.96 bits per heavy atom. The number of hydrogen-bond donors (Lipinski definition) is 3. The molecule has 2 aromatic rings. The van der Waals surface area contributed by atoms with Crippen LogP contribution in [0, 0.1) is 0 Å². The van der Waals surface area contributed by atoms with E-state index >= 15 is 0 Å². The number of rotatable bonds is 10. The second-order valence-electron chi connectivity index (χ2n) is 6.61. The van der Waals surface area contributed by atoms with Crippen LogP contribution >= 0.6 is 11.3 Å². The maximum Gasteiger partial charge on any atom is 0.270 e. The molecule has 5 nitrogen and oxygen atoms in total. The van der Waals surface area contributed by atoms with Crippen LogP contribution in [-0.2, 0) is 6.42 Å². The molecule has 4 N–H and O–H groups in total. The van der Waals surface area contributed by atoms with E-state index in [1.54, 1.807) is 5.38 Å². The maximum atomic E-state index is 12.5. The van der Waals surface area contributed by atoms with E-state index in [0.717, 1.165) is 17.8 Å². The Bertz CT molecular complexity index is 682. The summed E-state index contributed by atoms with van der Waals surface area (Å²) in [5.41, 5.74) is 7.13. The van der Waals surface area contributed by atoms with Crippen molar-refractivity contribution in [2.45, 2.75) is 51.6 Å². The van der Waals surface area contributed by atoms with Gasteiger partial charge in [0.15, 0.2) is 0 Å². The van der Waals surface area contributed by atoms with E-state index in [1.807, 2.05) is 6.07 Å². The zero-order valence-corrected chi connectivity index (χ0v) is 16.7. The van der Waals surface area contributed by atoms with Gasteiger partial charge in [0, 0.05) is 29.9 Å². The largest absolute Gasteiger partial charge is 0.349 e. The third-order valence-corrected chi connectivity index (χ3v) is 5.81. The van der Waals surface area contributed by atoms with E-state index < -0.39 is 0 Å². The van der Waals surface area contributed by atoms with Crippen molar-refractivity contribution in [3.63, 3.8) is 0 Å². The smallest absolute Gasteiger partial charge is 0.270 e. The molecular formula is C20H30N4OS. The van der Waals surface area contributed by atoms with Crippen LogP contribution in [0.4, 0.5) is 0 Å². The fourth-order valence-corrected chi connectivity index (χ4v) is 3.83. The van der Waals surface area contributed by atoms with Crippen molar-refractivity contribution >= 4 is 17.2 Å². The number of nitrogens with one attached hydrogen (secondary N) is 2. The van der Waals surface area contributed by atoms with Crippen LogP contribution in [0.25, 0.3) is 0 Å². The molecular weight excluding hydrogens is 344 g/mol. The first-order valence-corrected chi connectivity index (χ1v) is 10.2. The Hall–Kier alpha value is -1.76. The molecule has 0 aliphatic carbocycles. The third-order valence-electron chi connectivity index (χ3n) is 4.91. The van der Waals surface area contributed by atoms with Crippen LogP contribution in [0.5, 0.6) is 0 Å². The number of hydrogen-bond acceptors (Lipinski definition) is 5. The Morgan fingerprint density at radius 1 is 1.27 bits per heavy atom. The standard InChI is InChI=1S/C20H30N4OS/c1-4-20(5-2,24-15(3)16-9-7-6-8-10-16)14-22-19(25)17-13-26-18(23-17)11-12-21/h6-10,13,15,24H,4-5,11-12,14,21H2,1-3H3,(H,22,25). The summed E-state index contributed by atoms with van der Waals surface area (Å²) in [7, 11) is 0. The summed E-state index contributed by atoms with van der Waals surface area (Å²) >= 11 is 1.49. The molecule has 1 heterocycles. The third kappa shape index (κ3) is 5.37. The number of nitrogens with two attached hydrogens (primary N) is 1. The predicted molar refractivity (Wildman–Crippen MR) is 109 cm³/mol. The zero-order chi connectivity index (χ0) is 19.0. The Labute approximate surface area is 160 Å². The molecule has 1 atom stereocenters. The van der Waals surface area contributed by atoms with Crippen LogP contribution in [0.1, 0.15) is 60.7 Å². The van der Waals surface area contributed by atoms with Gasteiger partial charge in [-0.15, -0.1) is 11.3 Å². The summed E-state index contributed by atoms with van der Waals surface area (Å²) in [6.45, 7) is 7.59. The summed E-state index contributed by atoms with van der Waals surface area (Å²) in [6, 6.07) is 10.6. The lowest BCUT2D eigenvalue weighted by Crippen LogP contribution is -2.53. The fourth-order valence-electron chi connectivity index (χ4n) is 3.03. The second kappa shape index (κ2) is 9.80. The molecule has 0 saturated heterocycles. The van der Waals surface area contributed by atoms with Crippen molar-refractivity contribution in [3.05, 3.63) is 52.0 Å². The molecule has 0 fully saturated rings. The van der Waals surface area contributed by atoms with Crippen LogP contribution in [0.3, 0.4) is 0 Å². The molecule has 1 amide bonds. The van der Waals surface area contributed by atoms with Gasteiger partial charge in [0.05, 0.1) is 5.01 Å². The summed E-state index contributed by atoms with van der Waals surface area (Å²) < 4.78 is 0. The highest BCUT2D eigenvalue weighted by Gasteiger charge is 2.29. The number of amides is 1. The SMILES string of the molecule is CCC(CC)(CNC(=O)c1csc(CCN)n1)NC(C)c1ccccc1. The lowest BCUT2D eigenvalue weighted by molar-refractivity contribution is 0.0929. The minimum atomic E-state index is -0.152. The second-order valence-corrected chi connectivity index (χ2v) is 7.55. The van der Waals surface area contributed by atoms with Gasteiger partial charge >= 0.3 is 0 Å². The Balaban J connectivity index is 2.00. The summed E-state index contributed by atoms with van der Waals surface area (Å²) in [5.74, 6) is -0.120. The van der Waals surface area contributed by atoms with Crippen molar-refractivity contribution in [1.29, 1.82) is 0 Å². The number of carbonyl (C=O) groups excluding carboxylic acids is 1. The van der Waals surface area contributed by atoms with Crippen molar-refractivity contribution in [1.82, 2.24) is 15.6 Å². The minimum absolute atomic E-state index is 0.120. The Morgan fingerprint density at radius 3 is 2.58 bits per heavy atom. The molecule has 0 radical (unpaired) electrons. The average Bonchev–Trinajstić information content (AvgIpc) is 3.14. The van der Waals surface area contributed by atoms with Gasteiger partial charge in [0.1, 0.15) is 5.69 Å². The number of aromatic nitrogens is 1. The molecule has 142 valence electrons. The van der Waals surface area contributed by atoms with Gasteiger partial charge in [-0.3, -0.25) is 4.79 Å². The van der Waals surface area contributed by atoms with Gasteiger partial charge in [-0.05, 0) is 31.9 Å². The topological polar surface area (TPSA) is 80.0 Å². The van der Waals surface area contributed by atoms with Gasteiger partial charge < -0.3 is 16.4 Å². The normalized spacial score (nSPS) is 12.8. The molecule has 1 aromatic carbocycles. The van der Waals surface area contributed by atoms with Gasteiger partial charge in [0.2, 0.25) is 0 Å². The molecule has 0 saturated carbocycles. The number of benzene rings is 1. The van der Waals surface area contributed by atoms with E-state index in [1.165, 1.54) is 16.9 Å². The predicted octanol–water partition coefficient (Wildman–Crippen LogP) is 3.28. The van der Waals surface area contributed by atoms with Crippen molar-refractivity contribution < 1.29 is 4.79 Å². The van der Waals surface area contributed by atoms with E-state index in [4.69, 9.17) is 5.73 Å². The minimum Gasteiger partial charge on any atom is -0.349 e. The molecule has 6 heteroatoms. The molecule has 1 aromatic heterocycles. The summed E-state index contributed by atoms with van der Waals surface area (Å²) in [6.07, 6.45) is 2.56. The number of thiazole rings is 1.